The second kappa shape index (κ2) is 9.09. The van der Waals surface area contributed by atoms with E-state index >= 15 is 0 Å². The normalized spacial score (nSPS) is 10.1. The highest BCUT2D eigenvalue weighted by Crippen LogP contribution is 2.11. The average Bonchev–Trinajstić information content (AvgIpc) is 2.46. The number of anilines is 1. The topological polar surface area (TPSA) is 75.6 Å². The number of carbonyl (C=O) groups is 2. The third kappa shape index (κ3) is 5.84. The van der Waals surface area contributed by atoms with Gasteiger partial charge < -0.3 is 15.2 Å². The quantitative estimate of drug-likeness (QED) is 0.566. The number of amides is 1. The van der Waals surface area contributed by atoms with Crippen molar-refractivity contribution < 1.29 is 19.4 Å². The standard InChI is InChI=1S/C15H21NO4/c1-2-11-20-15(19)12-6-8-13(9-7-12)16-14(18)5-3-4-10-17/h6-9,17H,2-5,10-11H2,1H3,(H,16,18). The van der Waals surface area contributed by atoms with Crippen LogP contribution in [-0.4, -0.2) is 30.2 Å². The second-order valence-corrected chi connectivity index (χ2v) is 4.44. The van der Waals surface area contributed by atoms with Crippen molar-refractivity contribution in [2.45, 2.75) is 32.6 Å². The molecule has 0 aromatic heterocycles. The molecule has 0 aliphatic carbocycles. The van der Waals surface area contributed by atoms with Crippen LogP contribution >= 0.6 is 0 Å². The molecular formula is C15H21NO4. The fourth-order valence-corrected chi connectivity index (χ4v) is 1.59. The molecule has 0 spiro atoms. The summed E-state index contributed by atoms with van der Waals surface area (Å²) in [5, 5.41) is 11.4. The van der Waals surface area contributed by atoms with Crippen molar-refractivity contribution in [2.75, 3.05) is 18.5 Å². The summed E-state index contributed by atoms with van der Waals surface area (Å²) in [7, 11) is 0. The minimum Gasteiger partial charge on any atom is -0.462 e. The van der Waals surface area contributed by atoms with E-state index in [2.05, 4.69) is 5.32 Å². The lowest BCUT2D eigenvalue weighted by Crippen LogP contribution is -2.11. The fraction of sp³-hybridized carbons (Fsp3) is 0.467. The summed E-state index contributed by atoms with van der Waals surface area (Å²) in [6.07, 6.45) is 2.44. The first kappa shape index (κ1) is 16.2. The van der Waals surface area contributed by atoms with Crippen molar-refractivity contribution >= 4 is 17.6 Å². The van der Waals surface area contributed by atoms with Crippen molar-refractivity contribution in [3.05, 3.63) is 29.8 Å². The lowest BCUT2D eigenvalue weighted by Gasteiger charge is -2.06. The second-order valence-electron chi connectivity index (χ2n) is 4.44. The molecule has 0 atom stereocenters. The Morgan fingerprint density at radius 2 is 1.90 bits per heavy atom. The number of hydrogen-bond donors (Lipinski definition) is 2. The zero-order valence-corrected chi connectivity index (χ0v) is 11.7. The molecule has 1 rings (SSSR count). The highest BCUT2D eigenvalue weighted by molar-refractivity contribution is 5.93. The number of rotatable bonds is 8. The Bertz CT molecular complexity index is 428. The summed E-state index contributed by atoms with van der Waals surface area (Å²) in [5.41, 5.74) is 1.11. The molecule has 0 saturated heterocycles. The number of ether oxygens (including phenoxy) is 1. The van der Waals surface area contributed by atoms with Crippen molar-refractivity contribution in [1.82, 2.24) is 0 Å². The molecule has 0 fully saturated rings. The minimum absolute atomic E-state index is 0.0974. The molecule has 110 valence electrons. The molecule has 1 amide bonds. The van der Waals surface area contributed by atoms with Crippen LogP contribution in [-0.2, 0) is 9.53 Å². The Morgan fingerprint density at radius 1 is 1.20 bits per heavy atom. The third-order valence-electron chi connectivity index (χ3n) is 2.65. The van der Waals surface area contributed by atoms with Crippen molar-refractivity contribution in [3.8, 4) is 0 Å². The van der Waals surface area contributed by atoms with Gasteiger partial charge in [-0.05, 0) is 43.5 Å². The van der Waals surface area contributed by atoms with Crippen LogP contribution in [0.2, 0.25) is 0 Å². The summed E-state index contributed by atoms with van der Waals surface area (Å²) >= 11 is 0. The molecule has 0 unspecified atom stereocenters. The summed E-state index contributed by atoms with van der Waals surface area (Å²) in [4.78, 5) is 23.1. The third-order valence-corrected chi connectivity index (χ3v) is 2.65. The zero-order valence-electron chi connectivity index (χ0n) is 11.7. The Balaban J connectivity index is 2.45. The smallest absolute Gasteiger partial charge is 0.338 e. The first-order valence-electron chi connectivity index (χ1n) is 6.85. The van der Waals surface area contributed by atoms with Crippen molar-refractivity contribution in [3.63, 3.8) is 0 Å². The summed E-state index contributed by atoms with van der Waals surface area (Å²) in [6.45, 7) is 2.44. The first-order chi connectivity index (χ1) is 9.67. The number of carbonyl (C=O) groups excluding carboxylic acids is 2. The van der Waals surface area contributed by atoms with Gasteiger partial charge in [0, 0.05) is 18.7 Å². The van der Waals surface area contributed by atoms with Gasteiger partial charge in [-0.3, -0.25) is 4.79 Å². The summed E-state index contributed by atoms with van der Waals surface area (Å²) in [5.74, 6) is -0.451. The lowest BCUT2D eigenvalue weighted by molar-refractivity contribution is -0.116. The molecule has 20 heavy (non-hydrogen) atoms. The van der Waals surface area contributed by atoms with E-state index in [-0.39, 0.29) is 18.5 Å². The van der Waals surface area contributed by atoms with Gasteiger partial charge in [0.25, 0.3) is 0 Å². The van der Waals surface area contributed by atoms with Gasteiger partial charge in [-0.25, -0.2) is 4.79 Å². The SMILES string of the molecule is CCCOC(=O)c1ccc(NC(=O)CCCCO)cc1. The van der Waals surface area contributed by atoms with E-state index in [0.29, 0.717) is 37.1 Å². The predicted molar refractivity (Wildman–Crippen MR) is 76.6 cm³/mol. The van der Waals surface area contributed by atoms with Gasteiger partial charge in [0.15, 0.2) is 0 Å². The van der Waals surface area contributed by atoms with Gasteiger partial charge in [0.2, 0.25) is 5.91 Å². The van der Waals surface area contributed by atoms with Crippen molar-refractivity contribution in [2.24, 2.45) is 0 Å². The lowest BCUT2D eigenvalue weighted by atomic mass is 10.2. The van der Waals surface area contributed by atoms with Gasteiger partial charge in [-0.1, -0.05) is 6.92 Å². The first-order valence-corrected chi connectivity index (χ1v) is 6.85. The minimum atomic E-state index is -0.354. The van der Waals surface area contributed by atoms with E-state index < -0.39 is 0 Å². The molecule has 0 bridgehead atoms. The van der Waals surface area contributed by atoms with E-state index in [1.165, 1.54) is 0 Å². The number of aliphatic hydroxyl groups is 1. The van der Waals surface area contributed by atoms with Crippen LogP contribution in [0.1, 0.15) is 43.0 Å². The van der Waals surface area contributed by atoms with Crippen LogP contribution in [0.4, 0.5) is 5.69 Å². The van der Waals surface area contributed by atoms with Crippen LogP contribution < -0.4 is 5.32 Å². The molecule has 0 aliphatic rings. The highest BCUT2D eigenvalue weighted by Gasteiger charge is 2.07. The Kier molecular flexibility index (Phi) is 7.35. The number of esters is 1. The molecule has 0 radical (unpaired) electrons. The molecule has 2 N–H and O–H groups in total. The highest BCUT2D eigenvalue weighted by atomic mass is 16.5. The fourth-order valence-electron chi connectivity index (χ4n) is 1.59. The maximum atomic E-state index is 11.6. The van der Waals surface area contributed by atoms with Crippen LogP contribution in [0.25, 0.3) is 0 Å². The number of benzene rings is 1. The molecule has 0 aliphatic heterocycles. The Morgan fingerprint density at radius 3 is 2.50 bits per heavy atom. The number of hydrogen-bond acceptors (Lipinski definition) is 4. The molecule has 0 saturated carbocycles. The van der Waals surface area contributed by atoms with Crippen molar-refractivity contribution in [1.29, 1.82) is 0 Å². The zero-order chi connectivity index (χ0) is 14.8. The van der Waals surface area contributed by atoms with Crippen LogP contribution in [0.3, 0.4) is 0 Å². The summed E-state index contributed by atoms with van der Waals surface area (Å²) in [6, 6.07) is 6.60. The van der Waals surface area contributed by atoms with E-state index in [1.807, 2.05) is 6.92 Å². The molecule has 1 aromatic rings. The predicted octanol–water partition coefficient (Wildman–Crippen LogP) is 2.35. The molecule has 0 heterocycles. The van der Waals surface area contributed by atoms with Crippen LogP contribution in [0.5, 0.6) is 0 Å². The Hall–Kier alpha value is -1.88. The molecular weight excluding hydrogens is 258 g/mol. The van der Waals surface area contributed by atoms with Crippen LogP contribution in [0.15, 0.2) is 24.3 Å². The molecule has 1 aromatic carbocycles. The maximum Gasteiger partial charge on any atom is 0.338 e. The van der Waals surface area contributed by atoms with E-state index in [0.717, 1.165) is 6.42 Å². The number of unbranched alkanes of at least 4 members (excludes halogenated alkanes) is 1. The molecule has 5 heteroatoms. The number of nitrogens with one attached hydrogen (secondary N) is 1. The largest absolute Gasteiger partial charge is 0.462 e. The van der Waals surface area contributed by atoms with E-state index in [1.54, 1.807) is 24.3 Å². The van der Waals surface area contributed by atoms with Gasteiger partial charge in [0.05, 0.1) is 12.2 Å². The van der Waals surface area contributed by atoms with Gasteiger partial charge >= 0.3 is 5.97 Å². The van der Waals surface area contributed by atoms with Crippen LogP contribution in [0, 0.1) is 0 Å². The van der Waals surface area contributed by atoms with E-state index in [4.69, 9.17) is 9.84 Å². The summed E-state index contributed by atoms with van der Waals surface area (Å²) < 4.78 is 5.01. The van der Waals surface area contributed by atoms with Gasteiger partial charge in [-0.15, -0.1) is 0 Å². The maximum absolute atomic E-state index is 11.6. The average molecular weight is 279 g/mol. The monoisotopic (exact) mass is 279 g/mol. The van der Waals surface area contributed by atoms with Gasteiger partial charge in [0.1, 0.15) is 0 Å². The number of aliphatic hydroxyl groups excluding tert-OH is 1. The molecule has 5 nitrogen and oxygen atoms in total. The van der Waals surface area contributed by atoms with E-state index in [9.17, 15) is 9.59 Å². The Labute approximate surface area is 118 Å². The van der Waals surface area contributed by atoms with Gasteiger partial charge in [-0.2, -0.15) is 0 Å².